The summed E-state index contributed by atoms with van der Waals surface area (Å²) in [5, 5.41) is 2.71. The molecule has 2 rings (SSSR count). The Hall–Kier alpha value is -2.42. The van der Waals surface area contributed by atoms with E-state index in [4.69, 9.17) is 9.47 Å². The number of carbonyl (C=O) groups excluding carboxylic acids is 1. The Bertz CT molecular complexity index is 836. The van der Waals surface area contributed by atoms with Gasteiger partial charge in [0.2, 0.25) is 10.0 Å². The van der Waals surface area contributed by atoms with Crippen molar-refractivity contribution in [1.82, 2.24) is 4.72 Å². The van der Waals surface area contributed by atoms with E-state index in [1.165, 1.54) is 32.4 Å². The van der Waals surface area contributed by atoms with Crippen molar-refractivity contribution in [3.63, 3.8) is 0 Å². The Morgan fingerprint density at radius 1 is 1.08 bits per heavy atom. The summed E-state index contributed by atoms with van der Waals surface area (Å²) in [5.74, 6) is 0.0827. The highest BCUT2D eigenvalue weighted by atomic mass is 32.2. The molecule has 0 aliphatic heterocycles. The second-order valence-electron chi connectivity index (χ2n) is 5.07. The molecular formula is C17H20N2O5S. The van der Waals surface area contributed by atoms with Crippen molar-refractivity contribution in [2.75, 3.05) is 32.7 Å². The van der Waals surface area contributed by atoms with Gasteiger partial charge in [-0.3, -0.25) is 4.79 Å². The standard InChI is InChI=1S/C17H20N2O5S/c1-23-11-10-18-25(21,22)14-7-5-6-13(12-14)17(20)19-15-8-3-4-9-16(15)24-2/h3-9,12,18H,10-11H2,1-2H3,(H,19,20). The molecule has 0 aliphatic carbocycles. The predicted octanol–water partition coefficient (Wildman–Crippen LogP) is 1.87. The number of anilines is 1. The molecule has 1 amide bonds. The zero-order chi connectivity index (χ0) is 18.3. The van der Waals surface area contributed by atoms with Crippen LogP contribution in [0.3, 0.4) is 0 Å². The normalized spacial score (nSPS) is 11.1. The zero-order valence-electron chi connectivity index (χ0n) is 14.0. The lowest BCUT2D eigenvalue weighted by Crippen LogP contribution is -2.27. The molecule has 0 saturated heterocycles. The summed E-state index contributed by atoms with van der Waals surface area (Å²) >= 11 is 0. The fourth-order valence-corrected chi connectivity index (χ4v) is 3.17. The first-order valence-corrected chi connectivity index (χ1v) is 8.99. The molecule has 0 aliphatic rings. The Kier molecular flexibility index (Phi) is 6.51. The summed E-state index contributed by atoms with van der Waals surface area (Å²) < 4.78 is 36.9. The number of carbonyl (C=O) groups is 1. The van der Waals surface area contributed by atoms with Crippen LogP contribution in [0.4, 0.5) is 5.69 Å². The third-order valence-corrected chi connectivity index (χ3v) is 4.82. The van der Waals surface area contributed by atoms with Crippen molar-refractivity contribution in [1.29, 1.82) is 0 Å². The van der Waals surface area contributed by atoms with Gasteiger partial charge < -0.3 is 14.8 Å². The van der Waals surface area contributed by atoms with E-state index < -0.39 is 15.9 Å². The molecule has 8 heteroatoms. The van der Waals surface area contributed by atoms with E-state index in [0.29, 0.717) is 11.4 Å². The Labute approximate surface area is 147 Å². The summed E-state index contributed by atoms with van der Waals surface area (Å²) in [7, 11) is -0.722. The number of methoxy groups -OCH3 is 2. The highest BCUT2D eigenvalue weighted by Crippen LogP contribution is 2.24. The minimum Gasteiger partial charge on any atom is -0.495 e. The highest BCUT2D eigenvalue weighted by molar-refractivity contribution is 7.89. The van der Waals surface area contributed by atoms with Crippen molar-refractivity contribution in [2.24, 2.45) is 0 Å². The van der Waals surface area contributed by atoms with Gasteiger partial charge in [-0.05, 0) is 30.3 Å². The van der Waals surface area contributed by atoms with Crippen molar-refractivity contribution in [3.05, 3.63) is 54.1 Å². The van der Waals surface area contributed by atoms with Crippen LogP contribution < -0.4 is 14.8 Å². The number of rotatable bonds is 8. The molecule has 0 radical (unpaired) electrons. The molecule has 0 bridgehead atoms. The molecule has 0 heterocycles. The smallest absolute Gasteiger partial charge is 0.255 e. The fraction of sp³-hybridized carbons (Fsp3) is 0.235. The van der Waals surface area contributed by atoms with E-state index in [1.54, 1.807) is 30.3 Å². The second-order valence-corrected chi connectivity index (χ2v) is 6.84. The summed E-state index contributed by atoms with van der Waals surface area (Å²) in [6, 6.07) is 12.8. The number of hydrogen-bond donors (Lipinski definition) is 2. The predicted molar refractivity (Wildman–Crippen MR) is 94.5 cm³/mol. The largest absolute Gasteiger partial charge is 0.495 e. The number of amides is 1. The molecule has 2 aromatic rings. The molecule has 0 unspecified atom stereocenters. The summed E-state index contributed by atoms with van der Waals surface area (Å²) in [5.41, 5.74) is 0.724. The third kappa shape index (κ3) is 5.02. The van der Waals surface area contributed by atoms with Gasteiger partial charge in [0.05, 0.1) is 24.3 Å². The third-order valence-electron chi connectivity index (χ3n) is 3.36. The van der Waals surface area contributed by atoms with E-state index >= 15 is 0 Å². The highest BCUT2D eigenvalue weighted by Gasteiger charge is 2.16. The minimum absolute atomic E-state index is 0.0104. The monoisotopic (exact) mass is 364 g/mol. The van der Waals surface area contributed by atoms with Crippen molar-refractivity contribution in [3.8, 4) is 5.75 Å². The minimum atomic E-state index is -3.71. The molecule has 0 saturated carbocycles. The number of nitrogens with one attached hydrogen (secondary N) is 2. The molecule has 0 spiro atoms. The van der Waals surface area contributed by atoms with Crippen LogP contribution in [0.25, 0.3) is 0 Å². The van der Waals surface area contributed by atoms with Gasteiger partial charge in [-0.2, -0.15) is 0 Å². The average Bonchev–Trinajstić information content (AvgIpc) is 2.62. The van der Waals surface area contributed by atoms with Crippen molar-refractivity contribution >= 4 is 21.6 Å². The SMILES string of the molecule is COCCNS(=O)(=O)c1cccc(C(=O)Nc2ccccc2OC)c1. The number of para-hydroxylation sites is 2. The maximum Gasteiger partial charge on any atom is 0.255 e. The summed E-state index contributed by atoms with van der Waals surface area (Å²) in [6.45, 7) is 0.406. The lowest BCUT2D eigenvalue weighted by Gasteiger charge is -2.11. The number of benzene rings is 2. The van der Waals surface area contributed by atoms with Crippen LogP contribution in [0.1, 0.15) is 10.4 Å². The van der Waals surface area contributed by atoms with Crippen LogP contribution in [0.15, 0.2) is 53.4 Å². The van der Waals surface area contributed by atoms with Gasteiger partial charge >= 0.3 is 0 Å². The Balaban J connectivity index is 2.19. The first-order chi connectivity index (χ1) is 12.0. The molecule has 0 fully saturated rings. The van der Waals surface area contributed by atoms with Gasteiger partial charge in [0.15, 0.2) is 0 Å². The molecular weight excluding hydrogens is 344 g/mol. The zero-order valence-corrected chi connectivity index (χ0v) is 14.8. The number of hydrogen-bond acceptors (Lipinski definition) is 5. The van der Waals surface area contributed by atoms with E-state index in [9.17, 15) is 13.2 Å². The average molecular weight is 364 g/mol. The molecule has 7 nitrogen and oxygen atoms in total. The van der Waals surface area contributed by atoms with Crippen molar-refractivity contribution in [2.45, 2.75) is 4.90 Å². The first-order valence-electron chi connectivity index (χ1n) is 7.51. The maximum atomic E-state index is 12.4. The van der Waals surface area contributed by atoms with Gasteiger partial charge in [-0.15, -0.1) is 0 Å². The molecule has 0 aromatic heterocycles. The van der Waals surface area contributed by atoms with Crippen LogP contribution in [0.2, 0.25) is 0 Å². The van der Waals surface area contributed by atoms with Crippen LogP contribution in [0, 0.1) is 0 Å². The van der Waals surface area contributed by atoms with E-state index in [2.05, 4.69) is 10.0 Å². The van der Waals surface area contributed by atoms with E-state index in [0.717, 1.165) is 0 Å². The molecule has 2 N–H and O–H groups in total. The van der Waals surface area contributed by atoms with Crippen LogP contribution in [-0.2, 0) is 14.8 Å². The lowest BCUT2D eigenvalue weighted by atomic mass is 10.2. The van der Waals surface area contributed by atoms with Gasteiger partial charge in [0, 0.05) is 19.2 Å². The Morgan fingerprint density at radius 2 is 1.84 bits per heavy atom. The quantitative estimate of drug-likeness (QED) is 0.698. The van der Waals surface area contributed by atoms with Gasteiger partial charge in [-0.1, -0.05) is 18.2 Å². The van der Waals surface area contributed by atoms with Crippen LogP contribution in [-0.4, -0.2) is 41.7 Å². The van der Waals surface area contributed by atoms with E-state index in [1.807, 2.05) is 0 Å². The molecule has 2 aromatic carbocycles. The topological polar surface area (TPSA) is 93.7 Å². The maximum absolute atomic E-state index is 12.4. The van der Waals surface area contributed by atoms with Crippen LogP contribution in [0.5, 0.6) is 5.75 Å². The van der Waals surface area contributed by atoms with Gasteiger partial charge in [0.25, 0.3) is 5.91 Å². The summed E-state index contributed by atoms with van der Waals surface area (Å²) in [6.07, 6.45) is 0. The molecule has 134 valence electrons. The number of sulfonamides is 1. The van der Waals surface area contributed by atoms with E-state index in [-0.39, 0.29) is 23.6 Å². The lowest BCUT2D eigenvalue weighted by molar-refractivity contribution is 0.102. The second kappa shape index (κ2) is 8.61. The van der Waals surface area contributed by atoms with Gasteiger partial charge in [0.1, 0.15) is 5.75 Å². The summed E-state index contributed by atoms with van der Waals surface area (Å²) in [4.78, 5) is 12.4. The first kappa shape index (κ1) is 18.9. The van der Waals surface area contributed by atoms with Gasteiger partial charge in [-0.25, -0.2) is 13.1 Å². The fourth-order valence-electron chi connectivity index (χ4n) is 2.11. The van der Waals surface area contributed by atoms with Crippen molar-refractivity contribution < 1.29 is 22.7 Å². The van der Waals surface area contributed by atoms with Crippen LogP contribution >= 0.6 is 0 Å². The molecule has 25 heavy (non-hydrogen) atoms. The molecule has 0 atom stereocenters. The Morgan fingerprint density at radius 3 is 2.56 bits per heavy atom. The number of ether oxygens (including phenoxy) is 2.